The molecule has 0 saturated heterocycles. The first-order chi connectivity index (χ1) is 8.75. The molecule has 0 aliphatic rings. The van der Waals surface area contributed by atoms with Crippen molar-refractivity contribution in [3.05, 3.63) is 54.2 Å². The number of hydrogen-bond donors (Lipinski definition) is 2. The molecule has 0 aliphatic carbocycles. The van der Waals surface area contributed by atoms with Gasteiger partial charge in [0.2, 0.25) is 0 Å². The first kappa shape index (κ1) is 12.7. The molecule has 2 rings (SSSR count). The molecule has 3 heteroatoms. The Labute approximate surface area is 108 Å². The molecule has 18 heavy (non-hydrogen) atoms. The Morgan fingerprint density at radius 1 is 1.22 bits per heavy atom. The fourth-order valence-corrected chi connectivity index (χ4v) is 1.80. The largest absolute Gasteiger partial charge is 0.392 e. The van der Waals surface area contributed by atoms with Crippen molar-refractivity contribution >= 4 is 0 Å². The van der Waals surface area contributed by atoms with E-state index in [0.29, 0.717) is 6.54 Å². The lowest BCUT2D eigenvalue weighted by atomic mass is 10.1. The van der Waals surface area contributed by atoms with E-state index in [9.17, 15) is 5.11 Å². The van der Waals surface area contributed by atoms with Crippen molar-refractivity contribution in [2.45, 2.75) is 19.6 Å². The highest BCUT2D eigenvalue weighted by atomic mass is 16.3. The molecule has 1 unspecified atom stereocenters. The zero-order valence-electron chi connectivity index (χ0n) is 10.5. The van der Waals surface area contributed by atoms with E-state index in [4.69, 9.17) is 0 Å². The van der Waals surface area contributed by atoms with Crippen LogP contribution in [0.1, 0.15) is 12.5 Å². The lowest BCUT2D eigenvalue weighted by Crippen LogP contribution is -2.23. The lowest BCUT2D eigenvalue weighted by molar-refractivity contribution is 0.191. The first-order valence-electron chi connectivity index (χ1n) is 6.15. The maximum absolute atomic E-state index is 9.19. The third-order valence-electron chi connectivity index (χ3n) is 2.66. The molecule has 94 valence electrons. The molecular formula is C15H18N2O. The Morgan fingerprint density at radius 3 is 2.83 bits per heavy atom. The van der Waals surface area contributed by atoms with Crippen LogP contribution in [-0.2, 0) is 6.54 Å². The van der Waals surface area contributed by atoms with Crippen molar-refractivity contribution in [1.82, 2.24) is 10.3 Å². The predicted octanol–water partition coefficient (Wildman–Crippen LogP) is 2.22. The van der Waals surface area contributed by atoms with Crippen molar-refractivity contribution in [2.24, 2.45) is 0 Å². The Morgan fingerprint density at radius 2 is 2.11 bits per heavy atom. The smallest absolute Gasteiger partial charge is 0.0702 e. The first-order valence-corrected chi connectivity index (χ1v) is 6.15. The molecule has 1 heterocycles. The summed E-state index contributed by atoms with van der Waals surface area (Å²) in [5.41, 5.74) is 3.29. The third kappa shape index (κ3) is 3.65. The van der Waals surface area contributed by atoms with Crippen LogP contribution in [0.15, 0.2) is 48.7 Å². The molecule has 0 radical (unpaired) electrons. The summed E-state index contributed by atoms with van der Waals surface area (Å²) in [6.45, 7) is 3.14. The van der Waals surface area contributed by atoms with Crippen LogP contribution in [0.5, 0.6) is 0 Å². The minimum Gasteiger partial charge on any atom is -0.392 e. The van der Waals surface area contributed by atoms with Gasteiger partial charge in [-0.2, -0.15) is 0 Å². The number of aliphatic hydroxyl groups excluding tert-OH is 1. The van der Waals surface area contributed by atoms with Crippen molar-refractivity contribution < 1.29 is 5.11 Å². The number of rotatable bonds is 5. The van der Waals surface area contributed by atoms with Gasteiger partial charge in [-0.3, -0.25) is 4.98 Å². The lowest BCUT2D eigenvalue weighted by Gasteiger charge is -2.08. The van der Waals surface area contributed by atoms with Gasteiger partial charge in [0.1, 0.15) is 0 Å². The van der Waals surface area contributed by atoms with E-state index >= 15 is 0 Å². The molecule has 0 aliphatic heterocycles. The number of hydrogen-bond acceptors (Lipinski definition) is 3. The van der Waals surface area contributed by atoms with Gasteiger partial charge in [-0.05, 0) is 30.7 Å². The van der Waals surface area contributed by atoms with Crippen molar-refractivity contribution in [3.8, 4) is 11.3 Å². The van der Waals surface area contributed by atoms with Crippen molar-refractivity contribution in [1.29, 1.82) is 0 Å². The second-order valence-corrected chi connectivity index (χ2v) is 4.40. The highest BCUT2D eigenvalue weighted by Crippen LogP contribution is 2.17. The summed E-state index contributed by atoms with van der Waals surface area (Å²) in [5.74, 6) is 0. The minimum atomic E-state index is -0.316. The highest BCUT2D eigenvalue weighted by molar-refractivity contribution is 5.59. The van der Waals surface area contributed by atoms with Crippen LogP contribution in [0.3, 0.4) is 0 Å². The highest BCUT2D eigenvalue weighted by Gasteiger charge is 2.00. The summed E-state index contributed by atoms with van der Waals surface area (Å²) in [6, 6.07) is 14.2. The molecule has 0 fully saturated rings. The average Bonchev–Trinajstić information content (AvgIpc) is 2.40. The topological polar surface area (TPSA) is 45.1 Å². The average molecular weight is 242 g/mol. The van der Waals surface area contributed by atoms with Gasteiger partial charge in [-0.1, -0.05) is 24.3 Å². The second kappa shape index (κ2) is 6.28. The van der Waals surface area contributed by atoms with Crippen LogP contribution in [0, 0.1) is 0 Å². The maximum atomic E-state index is 9.19. The normalized spacial score (nSPS) is 12.3. The number of nitrogens with one attached hydrogen (secondary N) is 1. The van der Waals surface area contributed by atoms with Gasteiger partial charge in [0, 0.05) is 24.8 Å². The van der Waals surface area contributed by atoms with Crippen LogP contribution in [0.4, 0.5) is 0 Å². The monoisotopic (exact) mass is 242 g/mol. The number of aromatic nitrogens is 1. The van der Waals surface area contributed by atoms with E-state index in [0.717, 1.165) is 17.8 Å². The predicted molar refractivity (Wildman–Crippen MR) is 73.1 cm³/mol. The Hall–Kier alpha value is -1.71. The van der Waals surface area contributed by atoms with E-state index in [1.807, 2.05) is 24.3 Å². The summed E-state index contributed by atoms with van der Waals surface area (Å²) in [4.78, 5) is 4.34. The number of nitrogens with zero attached hydrogens (tertiary/aromatic N) is 1. The summed E-state index contributed by atoms with van der Waals surface area (Å²) >= 11 is 0. The molecule has 0 saturated carbocycles. The van der Waals surface area contributed by atoms with Crippen LogP contribution >= 0.6 is 0 Å². The molecular weight excluding hydrogens is 224 g/mol. The van der Waals surface area contributed by atoms with Gasteiger partial charge in [-0.25, -0.2) is 0 Å². The molecule has 2 N–H and O–H groups in total. The van der Waals surface area contributed by atoms with Crippen molar-refractivity contribution in [3.63, 3.8) is 0 Å². The summed E-state index contributed by atoms with van der Waals surface area (Å²) in [5, 5.41) is 12.4. The molecule has 0 amide bonds. The molecule has 3 nitrogen and oxygen atoms in total. The number of benzene rings is 1. The molecule has 1 aromatic heterocycles. The van der Waals surface area contributed by atoms with Crippen LogP contribution in [-0.4, -0.2) is 22.7 Å². The van der Waals surface area contributed by atoms with E-state index in [2.05, 4.69) is 28.5 Å². The second-order valence-electron chi connectivity index (χ2n) is 4.40. The standard InChI is InChI=1S/C15H18N2O/c1-12(18)10-16-11-13-5-4-6-14(9-13)15-7-2-3-8-17-15/h2-9,12,16,18H,10-11H2,1H3. The van der Waals surface area contributed by atoms with E-state index in [1.54, 1.807) is 13.1 Å². The minimum absolute atomic E-state index is 0.316. The number of aliphatic hydroxyl groups is 1. The van der Waals surface area contributed by atoms with E-state index < -0.39 is 0 Å². The van der Waals surface area contributed by atoms with E-state index in [-0.39, 0.29) is 6.10 Å². The zero-order chi connectivity index (χ0) is 12.8. The van der Waals surface area contributed by atoms with E-state index in [1.165, 1.54) is 5.56 Å². The molecule has 2 aromatic rings. The third-order valence-corrected chi connectivity index (χ3v) is 2.66. The van der Waals surface area contributed by atoms with Gasteiger partial charge >= 0.3 is 0 Å². The Bertz CT molecular complexity index is 483. The Balaban J connectivity index is 2.06. The fourth-order valence-electron chi connectivity index (χ4n) is 1.80. The number of pyridine rings is 1. The van der Waals surface area contributed by atoms with Crippen LogP contribution < -0.4 is 5.32 Å². The van der Waals surface area contributed by atoms with Crippen molar-refractivity contribution in [2.75, 3.05) is 6.54 Å². The quantitative estimate of drug-likeness (QED) is 0.845. The van der Waals surface area contributed by atoms with Gasteiger partial charge in [0.15, 0.2) is 0 Å². The summed E-state index contributed by atoms with van der Waals surface area (Å²) < 4.78 is 0. The molecule has 0 bridgehead atoms. The maximum Gasteiger partial charge on any atom is 0.0702 e. The van der Waals surface area contributed by atoms with Gasteiger partial charge < -0.3 is 10.4 Å². The van der Waals surface area contributed by atoms with Crippen LogP contribution in [0.2, 0.25) is 0 Å². The van der Waals surface area contributed by atoms with Gasteiger partial charge in [-0.15, -0.1) is 0 Å². The van der Waals surface area contributed by atoms with Gasteiger partial charge in [0.25, 0.3) is 0 Å². The molecule has 1 aromatic carbocycles. The summed E-state index contributed by atoms with van der Waals surface area (Å²) in [7, 11) is 0. The molecule has 0 spiro atoms. The zero-order valence-corrected chi connectivity index (χ0v) is 10.5. The SMILES string of the molecule is CC(O)CNCc1cccc(-c2ccccn2)c1. The van der Waals surface area contributed by atoms with Gasteiger partial charge in [0.05, 0.1) is 11.8 Å². The fraction of sp³-hybridized carbons (Fsp3) is 0.267. The van der Waals surface area contributed by atoms with Crippen LogP contribution in [0.25, 0.3) is 11.3 Å². The Kier molecular flexibility index (Phi) is 4.45. The summed E-state index contributed by atoms with van der Waals surface area (Å²) in [6.07, 6.45) is 1.48. The molecule has 1 atom stereocenters.